The molecule has 0 aromatic carbocycles. The van der Waals surface area contributed by atoms with Gasteiger partial charge in [0.2, 0.25) is 0 Å². The maximum atomic E-state index is 12.9. The standard InChI is InChI=1S/C8H13F2N/c1-3-8(9,10)7-5-4-6-11(7)2/h3,7H,1,4-6H2,2H3. The van der Waals surface area contributed by atoms with Gasteiger partial charge in [-0.3, -0.25) is 4.90 Å². The molecule has 1 nitrogen and oxygen atoms in total. The molecule has 0 bridgehead atoms. The molecule has 1 aliphatic heterocycles. The molecular formula is C8H13F2N. The van der Waals surface area contributed by atoms with Crippen LogP contribution in [-0.2, 0) is 0 Å². The molecule has 0 spiro atoms. The zero-order chi connectivity index (χ0) is 8.48. The Morgan fingerprint density at radius 1 is 1.64 bits per heavy atom. The average molecular weight is 161 g/mol. The molecule has 0 aliphatic carbocycles. The van der Waals surface area contributed by atoms with Gasteiger partial charge in [-0.2, -0.15) is 0 Å². The molecule has 1 fully saturated rings. The second-order valence-corrected chi connectivity index (χ2v) is 3.02. The molecule has 64 valence electrons. The van der Waals surface area contributed by atoms with E-state index >= 15 is 0 Å². The first kappa shape index (κ1) is 8.65. The molecule has 3 heteroatoms. The fraction of sp³-hybridized carbons (Fsp3) is 0.750. The van der Waals surface area contributed by atoms with Crippen molar-refractivity contribution in [2.75, 3.05) is 13.6 Å². The first-order chi connectivity index (χ1) is 5.08. The fourth-order valence-electron chi connectivity index (χ4n) is 1.53. The Morgan fingerprint density at radius 2 is 2.27 bits per heavy atom. The second-order valence-electron chi connectivity index (χ2n) is 3.02. The molecular weight excluding hydrogens is 148 g/mol. The molecule has 1 unspecified atom stereocenters. The van der Waals surface area contributed by atoms with Crippen molar-refractivity contribution < 1.29 is 8.78 Å². The average Bonchev–Trinajstić information content (AvgIpc) is 2.36. The zero-order valence-corrected chi connectivity index (χ0v) is 6.69. The summed E-state index contributed by atoms with van der Waals surface area (Å²) >= 11 is 0. The van der Waals surface area contributed by atoms with E-state index in [9.17, 15) is 8.78 Å². The van der Waals surface area contributed by atoms with Gasteiger partial charge in [0.25, 0.3) is 5.92 Å². The first-order valence-electron chi connectivity index (χ1n) is 3.79. The normalized spacial score (nSPS) is 27.4. The summed E-state index contributed by atoms with van der Waals surface area (Å²) in [6.07, 6.45) is 2.19. The molecule has 0 aromatic heterocycles. The third-order valence-electron chi connectivity index (χ3n) is 2.24. The summed E-state index contributed by atoms with van der Waals surface area (Å²) in [7, 11) is 1.73. The van der Waals surface area contributed by atoms with Gasteiger partial charge >= 0.3 is 0 Å². The molecule has 0 aromatic rings. The van der Waals surface area contributed by atoms with Crippen LogP contribution < -0.4 is 0 Å². The Kier molecular flexibility index (Phi) is 2.28. The van der Waals surface area contributed by atoms with Crippen LogP contribution in [0.1, 0.15) is 12.8 Å². The van der Waals surface area contributed by atoms with E-state index in [1.54, 1.807) is 11.9 Å². The van der Waals surface area contributed by atoms with E-state index in [2.05, 4.69) is 6.58 Å². The SMILES string of the molecule is C=CC(F)(F)C1CCCN1C. The number of rotatable bonds is 2. The van der Waals surface area contributed by atoms with Gasteiger partial charge in [-0.15, -0.1) is 0 Å². The number of nitrogens with zero attached hydrogens (tertiary/aromatic N) is 1. The van der Waals surface area contributed by atoms with E-state index in [-0.39, 0.29) is 0 Å². The van der Waals surface area contributed by atoms with E-state index < -0.39 is 12.0 Å². The molecule has 1 aliphatic rings. The van der Waals surface area contributed by atoms with Gasteiger partial charge in [-0.1, -0.05) is 6.58 Å². The lowest BCUT2D eigenvalue weighted by molar-refractivity contribution is -0.0176. The first-order valence-corrected chi connectivity index (χ1v) is 3.79. The van der Waals surface area contributed by atoms with Crippen LogP contribution >= 0.6 is 0 Å². The summed E-state index contributed by atoms with van der Waals surface area (Å²) < 4.78 is 25.9. The summed E-state index contributed by atoms with van der Waals surface area (Å²) in [5, 5.41) is 0. The number of alkyl halides is 2. The molecule has 1 saturated heterocycles. The monoisotopic (exact) mass is 161 g/mol. The number of likely N-dealkylation sites (tertiary alicyclic amines) is 1. The smallest absolute Gasteiger partial charge is 0.281 e. The van der Waals surface area contributed by atoms with Crippen LogP contribution in [0.25, 0.3) is 0 Å². The Labute approximate surface area is 65.7 Å². The molecule has 11 heavy (non-hydrogen) atoms. The van der Waals surface area contributed by atoms with Crippen LogP contribution in [0.2, 0.25) is 0 Å². The summed E-state index contributed by atoms with van der Waals surface area (Å²) in [6.45, 7) is 3.91. The van der Waals surface area contributed by atoms with Crippen LogP contribution in [0.4, 0.5) is 8.78 Å². The zero-order valence-electron chi connectivity index (χ0n) is 6.69. The van der Waals surface area contributed by atoms with Gasteiger partial charge in [0, 0.05) is 0 Å². The van der Waals surface area contributed by atoms with Crippen molar-refractivity contribution in [3.63, 3.8) is 0 Å². The molecule has 1 rings (SSSR count). The van der Waals surface area contributed by atoms with Gasteiger partial charge in [0.15, 0.2) is 0 Å². The Bertz CT molecular complexity index is 156. The van der Waals surface area contributed by atoms with Gasteiger partial charge in [0.05, 0.1) is 6.04 Å². The van der Waals surface area contributed by atoms with Crippen molar-refractivity contribution in [3.05, 3.63) is 12.7 Å². The second kappa shape index (κ2) is 2.89. The third-order valence-corrected chi connectivity index (χ3v) is 2.24. The summed E-state index contributed by atoms with van der Waals surface area (Å²) in [5.74, 6) is -2.72. The van der Waals surface area contributed by atoms with E-state index in [0.717, 1.165) is 19.0 Å². The molecule has 0 saturated carbocycles. The number of halogens is 2. The Morgan fingerprint density at radius 3 is 2.64 bits per heavy atom. The maximum absolute atomic E-state index is 12.9. The van der Waals surface area contributed by atoms with Crippen molar-refractivity contribution in [1.29, 1.82) is 0 Å². The highest BCUT2D eigenvalue weighted by Crippen LogP contribution is 2.30. The number of hydrogen-bond acceptors (Lipinski definition) is 1. The van der Waals surface area contributed by atoms with Gasteiger partial charge in [-0.25, -0.2) is 8.78 Å². The lowest BCUT2D eigenvalue weighted by Gasteiger charge is -2.25. The van der Waals surface area contributed by atoms with Crippen LogP contribution in [0.5, 0.6) is 0 Å². The lowest BCUT2D eigenvalue weighted by Crippen LogP contribution is -2.40. The van der Waals surface area contributed by atoms with Gasteiger partial charge in [-0.05, 0) is 32.5 Å². The van der Waals surface area contributed by atoms with Crippen molar-refractivity contribution in [2.24, 2.45) is 0 Å². The van der Waals surface area contributed by atoms with E-state index in [0.29, 0.717) is 6.42 Å². The Hall–Kier alpha value is -0.440. The van der Waals surface area contributed by atoms with Crippen molar-refractivity contribution in [2.45, 2.75) is 24.8 Å². The fourth-order valence-corrected chi connectivity index (χ4v) is 1.53. The number of hydrogen-bond donors (Lipinski definition) is 0. The van der Waals surface area contributed by atoms with E-state index in [4.69, 9.17) is 0 Å². The Balaban J connectivity index is 2.65. The molecule has 1 atom stereocenters. The summed E-state index contributed by atoms with van der Waals surface area (Å²) in [6, 6.07) is -0.625. The maximum Gasteiger partial charge on any atom is 0.281 e. The summed E-state index contributed by atoms with van der Waals surface area (Å²) in [4.78, 5) is 1.70. The van der Waals surface area contributed by atoms with Gasteiger partial charge in [0.1, 0.15) is 0 Å². The van der Waals surface area contributed by atoms with Crippen LogP contribution in [0.3, 0.4) is 0 Å². The predicted octanol–water partition coefficient (Wildman–Crippen LogP) is 1.90. The van der Waals surface area contributed by atoms with E-state index in [1.807, 2.05) is 0 Å². The topological polar surface area (TPSA) is 3.24 Å². The third kappa shape index (κ3) is 1.59. The predicted molar refractivity (Wildman–Crippen MR) is 40.8 cm³/mol. The molecule has 0 radical (unpaired) electrons. The quantitative estimate of drug-likeness (QED) is 0.559. The highest BCUT2D eigenvalue weighted by Gasteiger charge is 2.41. The highest BCUT2D eigenvalue weighted by atomic mass is 19.3. The lowest BCUT2D eigenvalue weighted by atomic mass is 10.1. The van der Waals surface area contributed by atoms with Crippen molar-refractivity contribution >= 4 is 0 Å². The minimum atomic E-state index is -2.72. The minimum absolute atomic E-state index is 0.579. The minimum Gasteiger partial charge on any atom is -0.298 e. The molecule has 1 heterocycles. The van der Waals surface area contributed by atoms with Crippen molar-refractivity contribution in [3.8, 4) is 0 Å². The largest absolute Gasteiger partial charge is 0.298 e. The summed E-state index contributed by atoms with van der Waals surface area (Å²) in [5.41, 5.74) is 0. The molecule has 0 N–H and O–H groups in total. The van der Waals surface area contributed by atoms with Crippen LogP contribution in [0.15, 0.2) is 12.7 Å². The van der Waals surface area contributed by atoms with Crippen LogP contribution in [0, 0.1) is 0 Å². The van der Waals surface area contributed by atoms with Crippen LogP contribution in [-0.4, -0.2) is 30.5 Å². The van der Waals surface area contributed by atoms with E-state index in [1.165, 1.54) is 0 Å². The van der Waals surface area contributed by atoms with Crippen molar-refractivity contribution in [1.82, 2.24) is 4.90 Å². The highest BCUT2D eigenvalue weighted by molar-refractivity contribution is 4.99. The molecule has 0 amide bonds. The van der Waals surface area contributed by atoms with Gasteiger partial charge < -0.3 is 0 Å².